The largest absolute Gasteiger partial charge is 0.339 e. The zero-order valence-corrected chi connectivity index (χ0v) is 11.9. The lowest BCUT2D eigenvalue weighted by Crippen LogP contribution is -2.20. The Morgan fingerprint density at radius 2 is 2.11 bits per heavy atom. The SMILES string of the molecule is CN(C)CCCc1nccn1C(=O)n1ccnc1.Cl. The van der Waals surface area contributed by atoms with Gasteiger partial charge in [0.1, 0.15) is 12.2 Å². The molecule has 0 atom stereocenters. The zero-order chi connectivity index (χ0) is 13.0. The summed E-state index contributed by atoms with van der Waals surface area (Å²) in [4.78, 5) is 22.3. The van der Waals surface area contributed by atoms with Crippen LogP contribution in [0.1, 0.15) is 12.2 Å². The van der Waals surface area contributed by atoms with Crippen molar-refractivity contribution >= 4 is 18.4 Å². The zero-order valence-electron chi connectivity index (χ0n) is 11.1. The number of aryl methyl sites for hydroxylation is 1. The van der Waals surface area contributed by atoms with E-state index in [0.717, 1.165) is 25.2 Å². The topological polar surface area (TPSA) is 56.0 Å². The summed E-state index contributed by atoms with van der Waals surface area (Å²) >= 11 is 0. The third-order valence-corrected chi connectivity index (χ3v) is 2.65. The van der Waals surface area contributed by atoms with Crippen molar-refractivity contribution in [2.24, 2.45) is 0 Å². The van der Waals surface area contributed by atoms with Crippen molar-refractivity contribution < 1.29 is 4.79 Å². The third kappa shape index (κ3) is 3.90. The monoisotopic (exact) mass is 283 g/mol. The van der Waals surface area contributed by atoms with Crippen LogP contribution < -0.4 is 0 Å². The molecule has 6 nitrogen and oxygen atoms in total. The van der Waals surface area contributed by atoms with Gasteiger partial charge in [-0.05, 0) is 27.1 Å². The molecule has 2 aromatic heterocycles. The van der Waals surface area contributed by atoms with Gasteiger partial charge in [0.2, 0.25) is 0 Å². The van der Waals surface area contributed by atoms with Gasteiger partial charge in [-0.15, -0.1) is 12.4 Å². The van der Waals surface area contributed by atoms with Gasteiger partial charge in [0.25, 0.3) is 0 Å². The summed E-state index contributed by atoms with van der Waals surface area (Å²) in [5.41, 5.74) is 0. The van der Waals surface area contributed by atoms with Crippen LogP contribution in [0.25, 0.3) is 0 Å². The molecule has 0 amide bonds. The molecule has 2 rings (SSSR count). The molecular weight excluding hydrogens is 266 g/mol. The molecule has 0 aliphatic rings. The molecule has 7 heteroatoms. The van der Waals surface area contributed by atoms with Crippen LogP contribution in [0.2, 0.25) is 0 Å². The van der Waals surface area contributed by atoms with Crippen LogP contribution in [0.15, 0.2) is 31.1 Å². The van der Waals surface area contributed by atoms with Gasteiger partial charge in [-0.2, -0.15) is 0 Å². The minimum Gasteiger partial charge on any atom is -0.309 e. The van der Waals surface area contributed by atoms with E-state index in [1.165, 1.54) is 10.9 Å². The molecule has 0 N–H and O–H groups in total. The highest BCUT2D eigenvalue weighted by Crippen LogP contribution is 2.04. The highest BCUT2D eigenvalue weighted by molar-refractivity contribution is 5.85. The molecule has 0 fully saturated rings. The molecule has 0 aliphatic carbocycles. The molecule has 19 heavy (non-hydrogen) atoms. The molecular formula is C12H18ClN5O. The van der Waals surface area contributed by atoms with E-state index in [1.807, 2.05) is 14.1 Å². The van der Waals surface area contributed by atoms with Gasteiger partial charge in [0.15, 0.2) is 0 Å². The second-order valence-corrected chi connectivity index (χ2v) is 4.37. The normalized spacial score (nSPS) is 10.5. The van der Waals surface area contributed by atoms with E-state index in [0.29, 0.717) is 0 Å². The standard InChI is InChI=1S/C12H17N5O.ClH/c1-15(2)7-3-4-11-14-6-9-17(11)12(18)16-8-5-13-10-16;/h5-6,8-10H,3-4,7H2,1-2H3;1H. The molecule has 0 saturated carbocycles. The summed E-state index contributed by atoms with van der Waals surface area (Å²) in [6.45, 7) is 0.978. The predicted molar refractivity (Wildman–Crippen MR) is 74.8 cm³/mol. The number of rotatable bonds is 4. The highest BCUT2D eigenvalue weighted by atomic mass is 35.5. The first-order chi connectivity index (χ1) is 8.68. The summed E-state index contributed by atoms with van der Waals surface area (Å²) in [5.74, 6) is 0.788. The van der Waals surface area contributed by atoms with E-state index in [4.69, 9.17) is 0 Å². The smallest absolute Gasteiger partial charge is 0.309 e. The fourth-order valence-electron chi connectivity index (χ4n) is 1.74. The van der Waals surface area contributed by atoms with Crippen LogP contribution >= 0.6 is 12.4 Å². The number of nitrogens with zero attached hydrogens (tertiary/aromatic N) is 5. The van der Waals surface area contributed by atoms with Gasteiger partial charge in [-0.25, -0.2) is 14.8 Å². The van der Waals surface area contributed by atoms with Gasteiger partial charge >= 0.3 is 6.03 Å². The molecule has 2 heterocycles. The van der Waals surface area contributed by atoms with Gasteiger partial charge in [0.05, 0.1) is 0 Å². The van der Waals surface area contributed by atoms with E-state index in [2.05, 4.69) is 14.9 Å². The lowest BCUT2D eigenvalue weighted by atomic mass is 10.3. The Labute approximate surface area is 118 Å². The number of carbonyl (C=O) groups is 1. The Morgan fingerprint density at radius 3 is 2.74 bits per heavy atom. The van der Waals surface area contributed by atoms with Crippen molar-refractivity contribution in [2.45, 2.75) is 12.8 Å². The van der Waals surface area contributed by atoms with Crippen molar-refractivity contribution in [1.29, 1.82) is 0 Å². The fourth-order valence-corrected chi connectivity index (χ4v) is 1.74. The molecule has 0 aliphatic heterocycles. The Bertz CT molecular complexity index is 506. The molecule has 0 bridgehead atoms. The van der Waals surface area contributed by atoms with E-state index in [9.17, 15) is 4.79 Å². The summed E-state index contributed by atoms with van der Waals surface area (Å²) in [6.07, 6.45) is 9.80. The molecule has 2 aromatic rings. The Hall–Kier alpha value is -1.66. The molecule has 104 valence electrons. The number of imidazole rings is 2. The molecule has 0 saturated heterocycles. The fraction of sp³-hybridized carbons (Fsp3) is 0.417. The van der Waals surface area contributed by atoms with Crippen LogP contribution in [-0.4, -0.2) is 50.7 Å². The second kappa shape index (κ2) is 7.06. The summed E-state index contributed by atoms with van der Waals surface area (Å²) in [6, 6.07) is -0.148. The van der Waals surface area contributed by atoms with Crippen molar-refractivity contribution in [3.8, 4) is 0 Å². The van der Waals surface area contributed by atoms with Crippen LogP contribution in [-0.2, 0) is 6.42 Å². The average molecular weight is 284 g/mol. The maximum atomic E-state index is 12.1. The maximum Gasteiger partial charge on any atom is 0.339 e. The Kier molecular flexibility index (Phi) is 5.72. The number of halogens is 1. The summed E-state index contributed by atoms with van der Waals surface area (Å²) in [5, 5.41) is 0. The average Bonchev–Trinajstić information content (AvgIpc) is 2.98. The van der Waals surface area contributed by atoms with Crippen molar-refractivity contribution in [1.82, 2.24) is 24.0 Å². The highest BCUT2D eigenvalue weighted by Gasteiger charge is 2.11. The minimum absolute atomic E-state index is 0. The van der Waals surface area contributed by atoms with Gasteiger partial charge < -0.3 is 4.90 Å². The number of aromatic nitrogens is 4. The lowest BCUT2D eigenvalue weighted by molar-refractivity contribution is 0.243. The summed E-state index contributed by atoms with van der Waals surface area (Å²) in [7, 11) is 4.06. The molecule has 0 aromatic carbocycles. The molecule has 0 unspecified atom stereocenters. The van der Waals surface area contributed by atoms with Crippen molar-refractivity contribution in [3.63, 3.8) is 0 Å². The summed E-state index contributed by atoms with van der Waals surface area (Å²) < 4.78 is 3.01. The number of carbonyl (C=O) groups excluding carboxylic acids is 1. The van der Waals surface area contributed by atoms with Crippen molar-refractivity contribution in [2.75, 3.05) is 20.6 Å². The number of hydrogen-bond acceptors (Lipinski definition) is 4. The molecule has 0 spiro atoms. The Balaban J connectivity index is 0.00000180. The van der Waals surface area contributed by atoms with Gasteiger partial charge in [-0.3, -0.25) is 9.13 Å². The van der Waals surface area contributed by atoms with Crippen LogP contribution in [0.5, 0.6) is 0 Å². The maximum absolute atomic E-state index is 12.1. The van der Waals surface area contributed by atoms with Crippen LogP contribution in [0.4, 0.5) is 4.79 Å². The van der Waals surface area contributed by atoms with Crippen LogP contribution in [0, 0.1) is 0 Å². The van der Waals surface area contributed by atoms with E-state index in [1.54, 1.807) is 29.4 Å². The third-order valence-electron chi connectivity index (χ3n) is 2.65. The van der Waals surface area contributed by atoms with E-state index >= 15 is 0 Å². The predicted octanol–water partition coefficient (Wildman–Crippen LogP) is 1.51. The van der Waals surface area contributed by atoms with E-state index < -0.39 is 0 Å². The second-order valence-electron chi connectivity index (χ2n) is 4.37. The minimum atomic E-state index is -0.148. The van der Waals surface area contributed by atoms with Gasteiger partial charge in [-0.1, -0.05) is 0 Å². The first-order valence-corrected chi connectivity index (χ1v) is 5.88. The molecule has 0 radical (unpaired) electrons. The Morgan fingerprint density at radius 1 is 1.32 bits per heavy atom. The lowest BCUT2D eigenvalue weighted by Gasteiger charge is -2.10. The van der Waals surface area contributed by atoms with E-state index in [-0.39, 0.29) is 18.4 Å². The van der Waals surface area contributed by atoms with Gasteiger partial charge in [0, 0.05) is 31.2 Å². The first kappa shape index (κ1) is 15.4. The number of hydrogen-bond donors (Lipinski definition) is 0. The quantitative estimate of drug-likeness (QED) is 0.853. The van der Waals surface area contributed by atoms with Crippen LogP contribution in [0.3, 0.4) is 0 Å². The van der Waals surface area contributed by atoms with Crippen molar-refractivity contribution in [3.05, 3.63) is 36.9 Å². The first-order valence-electron chi connectivity index (χ1n) is 5.88.